The van der Waals surface area contributed by atoms with Gasteiger partial charge in [-0.15, -0.1) is 0 Å². The second-order valence-corrected chi connectivity index (χ2v) is 4.62. The third kappa shape index (κ3) is 3.16. The van der Waals surface area contributed by atoms with Crippen LogP contribution in [-0.4, -0.2) is 41.3 Å². The van der Waals surface area contributed by atoms with Crippen molar-refractivity contribution in [1.82, 2.24) is 4.90 Å². The Balaban J connectivity index is 2.63. The van der Waals surface area contributed by atoms with Gasteiger partial charge in [0.05, 0.1) is 6.61 Å². The van der Waals surface area contributed by atoms with E-state index in [-0.39, 0.29) is 18.7 Å². The summed E-state index contributed by atoms with van der Waals surface area (Å²) in [6.07, 6.45) is 5.96. The topological polar surface area (TPSA) is 49.5 Å². The second-order valence-electron chi connectivity index (χ2n) is 4.62. The highest BCUT2D eigenvalue weighted by Gasteiger charge is 2.30. The van der Waals surface area contributed by atoms with E-state index < -0.39 is 0 Å². The van der Waals surface area contributed by atoms with Gasteiger partial charge in [0, 0.05) is 18.1 Å². The van der Waals surface area contributed by atoms with Crippen LogP contribution in [0.5, 0.6) is 0 Å². The molecule has 0 aliphatic carbocycles. The highest BCUT2D eigenvalue weighted by molar-refractivity contribution is 4.87. The highest BCUT2D eigenvalue weighted by Crippen LogP contribution is 2.23. The van der Waals surface area contributed by atoms with Crippen LogP contribution < -0.4 is 5.73 Å². The molecule has 3 atom stereocenters. The molecule has 1 saturated heterocycles. The van der Waals surface area contributed by atoms with Crippen molar-refractivity contribution in [3.05, 3.63) is 0 Å². The summed E-state index contributed by atoms with van der Waals surface area (Å²) in [5, 5.41) is 9.47. The van der Waals surface area contributed by atoms with E-state index in [0.717, 1.165) is 13.0 Å². The van der Waals surface area contributed by atoms with E-state index in [2.05, 4.69) is 18.7 Å². The summed E-state index contributed by atoms with van der Waals surface area (Å²) in [5.41, 5.74) is 6.07. The monoisotopic (exact) mass is 214 g/mol. The lowest BCUT2D eigenvalue weighted by molar-refractivity contribution is 0.0411. The molecule has 3 unspecified atom stereocenters. The minimum absolute atomic E-state index is 0.113. The van der Waals surface area contributed by atoms with Gasteiger partial charge in [-0.2, -0.15) is 0 Å². The summed E-state index contributed by atoms with van der Waals surface area (Å²) in [4.78, 5) is 2.44. The Morgan fingerprint density at radius 1 is 1.40 bits per heavy atom. The lowest BCUT2D eigenvalue weighted by atomic mass is 9.95. The summed E-state index contributed by atoms with van der Waals surface area (Å²) < 4.78 is 0. The molecule has 0 aromatic heterocycles. The Morgan fingerprint density at radius 2 is 2.13 bits per heavy atom. The molecule has 0 spiro atoms. The molecule has 1 rings (SSSR count). The summed E-state index contributed by atoms with van der Waals surface area (Å²) in [7, 11) is 0. The maximum Gasteiger partial charge on any atom is 0.0602 e. The van der Waals surface area contributed by atoms with Gasteiger partial charge in [0.15, 0.2) is 0 Å². The number of nitrogens with two attached hydrogens (primary N) is 1. The first kappa shape index (κ1) is 12.9. The summed E-state index contributed by atoms with van der Waals surface area (Å²) in [5.74, 6) is 0. The normalized spacial score (nSPS) is 27.6. The fourth-order valence-electron chi connectivity index (χ4n) is 2.66. The number of hydrogen-bond donors (Lipinski definition) is 2. The second kappa shape index (κ2) is 6.46. The van der Waals surface area contributed by atoms with Crippen molar-refractivity contribution in [3.63, 3.8) is 0 Å². The maximum atomic E-state index is 9.47. The molecule has 3 nitrogen and oxygen atoms in total. The van der Waals surface area contributed by atoms with Gasteiger partial charge in [-0.3, -0.25) is 4.90 Å². The number of aliphatic hydroxyl groups is 1. The van der Waals surface area contributed by atoms with Crippen LogP contribution in [0.3, 0.4) is 0 Å². The molecule has 0 amide bonds. The number of hydrogen-bond acceptors (Lipinski definition) is 3. The zero-order chi connectivity index (χ0) is 11.3. The number of piperidine rings is 1. The van der Waals surface area contributed by atoms with Gasteiger partial charge in [-0.1, -0.05) is 20.3 Å². The Bertz CT molecular complexity index is 175. The summed E-state index contributed by atoms with van der Waals surface area (Å²) >= 11 is 0. The quantitative estimate of drug-likeness (QED) is 0.726. The zero-order valence-corrected chi connectivity index (χ0v) is 10.2. The number of aliphatic hydroxyl groups excluding tert-OH is 1. The van der Waals surface area contributed by atoms with Crippen molar-refractivity contribution in [1.29, 1.82) is 0 Å². The molecule has 1 aliphatic heterocycles. The van der Waals surface area contributed by atoms with Crippen LogP contribution in [0.1, 0.15) is 46.0 Å². The van der Waals surface area contributed by atoms with Crippen LogP contribution in [0.15, 0.2) is 0 Å². The average Bonchev–Trinajstić information content (AvgIpc) is 2.30. The number of rotatable bonds is 5. The van der Waals surface area contributed by atoms with Crippen molar-refractivity contribution in [2.45, 2.75) is 64.1 Å². The third-order valence-electron chi connectivity index (χ3n) is 3.72. The van der Waals surface area contributed by atoms with Crippen LogP contribution in [0.25, 0.3) is 0 Å². The molecule has 0 aromatic rings. The predicted octanol–water partition coefficient (Wildman–Crippen LogP) is 1.35. The Hall–Kier alpha value is -0.120. The minimum Gasteiger partial charge on any atom is -0.395 e. The van der Waals surface area contributed by atoms with Crippen molar-refractivity contribution in [3.8, 4) is 0 Å². The summed E-state index contributed by atoms with van der Waals surface area (Å²) in [6, 6.07) is 0.913. The van der Waals surface area contributed by atoms with E-state index in [9.17, 15) is 5.11 Å². The molecule has 0 saturated carbocycles. The van der Waals surface area contributed by atoms with Crippen LogP contribution in [0.4, 0.5) is 0 Å². The molecule has 1 aliphatic rings. The molecule has 1 fully saturated rings. The smallest absolute Gasteiger partial charge is 0.0602 e. The molecule has 90 valence electrons. The van der Waals surface area contributed by atoms with E-state index in [1.807, 2.05) is 0 Å². The van der Waals surface area contributed by atoms with E-state index in [4.69, 9.17) is 5.73 Å². The van der Waals surface area contributed by atoms with E-state index in [1.165, 1.54) is 25.7 Å². The molecule has 0 radical (unpaired) electrons. The maximum absolute atomic E-state index is 9.47. The molecular weight excluding hydrogens is 188 g/mol. The Morgan fingerprint density at radius 3 is 2.67 bits per heavy atom. The zero-order valence-electron chi connectivity index (χ0n) is 10.2. The molecule has 3 N–H and O–H groups in total. The third-order valence-corrected chi connectivity index (χ3v) is 3.72. The molecule has 0 aromatic carbocycles. The molecule has 3 heteroatoms. The van der Waals surface area contributed by atoms with Gasteiger partial charge >= 0.3 is 0 Å². The first-order valence-electron chi connectivity index (χ1n) is 6.36. The standard InChI is InChI=1S/C12H26N2O/c1-3-10-7-5-6-8-14(10)12(9-15)11(13)4-2/h10-12,15H,3-9,13H2,1-2H3. The molecular formula is C12H26N2O. The van der Waals surface area contributed by atoms with E-state index in [1.54, 1.807) is 0 Å². The number of nitrogens with zero attached hydrogens (tertiary/aromatic N) is 1. The lowest BCUT2D eigenvalue weighted by Gasteiger charge is -2.42. The van der Waals surface area contributed by atoms with E-state index in [0.29, 0.717) is 6.04 Å². The Kier molecular flexibility index (Phi) is 5.58. The van der Waals surface area contributed by atoms with Gasteiger partial charge < -0.3 is 10.8 Å². The molecule has 15 heavy (non-hydrogen) atoms. The average molecular weight is 214 g/mol. The van der Waals surface area contributed by atoms with Crippen molar-refractivity contribution in [2.75, 3.05) is 13.2 Å². The van der Waals surface area contributed by atoms with Gasteiger partial charge in [-0.05, 0) is 32.2 Å². The van der Waals surface area contributed by atoms with Crippen LogP contribution >= 0.6 is 0 Å². The van der Waals surface area contributed by atoms with Crippen LogP contribution in [0.2, 0.25) is 0 Å². The van der Waals surface area contributed by atoms with Crippen molar-refractivity contribution in [2.24, 2.45) is 5.73 Å². The fourth-order valence-corrected chi connectivity index (χ4v) is 2.66. The SMILES string of the molecule is CCC(N)C(CO)N1CCCCC1CC. The summed E-state index contributed by atoms with van der Waals surface area (Å²) in [6.45, 7) is 5.63. The first-order valence-corrected chi connectivity index (χ1v) is 6.36. The van der Waals surface area contributed by atoms with Crippen LogP contribution in [-0.2, 0) is 0 Å². The first-order chi connectivity index (χ1) is 7.24. The van der Waals surface area contributed by atoms with Gasteiger partial charge in [0.2, 0.25) is 0 Å². The predicted molar refractivity (Wildman–Crippen MR) is 63.8 cm³/mol. The van der Waals surface area contributed by atoms with Gasteiger partial charge in [-0.25, -0.2) is 0 Å². The largest absolute Gasteiger partial charge is 0.395 e. The fraction of sp³-hybridized carbons (Fsp3) is 1.00. The Labute approximate surface area is 93.6 Å². The molecule has 1 heterocycles. The number of likely N-dealkylation sites (tertiary alicyclic amines) is 1. The van der Waals surface area contributed by atoms with Crippen LogP contribution in [0, 0.1) is 0 Å². The van der Waals surface area contributed by atoms with E-state index >= 15 is 0 Å². The lowest BCUT2D eigenvalue weighted by Crippen LogP contribution is -2.55. The van der Waals surface area contributed by atoms with Crippen molar-refractivity contribution >= 4 is 0 Å². The van der Waals surface area contributed by atoms with Crippen molar-refractivity contribution < 1.29 is 5.11 Å². The highest BCUT2D eigenvalue weighted by atomic mass is 16.3. The van der Waals surface area contributed by atoms with Gasteiger partial charge in [0.1, 0.15) is 0 Å². The molecule has 0 bridgehead atoms. The van der Waals surface area contributed by atoms with Gasteiger partial charge in [0.25, 0.3) is 0 Å². The minimum atomic E-state index is 0.113.